The molecule has 1 N–H and O–H groups in total. The Hall–Kier alpha value is -2.40. The average Bonchev–Trinajstić information content (AvgIpc) is 3.20. The highest BCUT2D eigenvalue weighted by Crippen LogP contribution is 2.32. The van der Waals surface area contributed by atoms with Crippen LogP contribution in [0.2, 0.25) is 0 Å². The lowest BCUT2D eigenvalue weighted by molar-refractivity contribution is -0.137. The number of sulfonamides is 1. The standard InChI is InChI=1S/C19H24F3N5O2S/c1-6-26-16-9-14(19(20,21)22)7-8-15(16)24-18(26)12(4)25-30(28,29)17-10-23-27(11(2)3)13(17)5/h7-12,25H,6H2,1-5H3/t12-/m1/s1. The van der Waals surface area contributed by atoms with Crippen molar-refractivity contribution in [3.8, 4) is 0 Å². The molecule has 0 fully saturated rings. The Bertz CT molecular complexity index is 1180. The van der Waals surface area contributed by atoms with E-state index in [0.717, 1.165) is 12.1 Å². The number of aromatic nitrogens is 4. The van der Waals surface area contributed by atoms with Gasteiger partial charge in [0.15, 0.2) is 0 Å². The third-order valence-corrected chi connectivity index (χ3v) is 6.56. The molecule has 164 valence electrons. The molecular formula is C19H24F3N5O2S. The molecule has 1 atom stereocenters. The zero-order chi connectivity index (χ0) is 22.4. The lowest BCUT2D eigenvalue weighted by Crippen LogP contribution is -2.29. The first-order chi connectivity index (χ1) is 13.9. The highest BCUT2D eigenvalue weighted by Gasteiger charge is 2.32. The normalized spacial score (nSPS) is 14.0. The van der Waals surface area contributed by atoms with E-state index in [1.165, 1.54) is 12.3 Å². The Kier molecular flexibility index (Phi) is 5.72. The lowest BCUT2D eigenvalue weighted by Gasteiger charge is -2.16. The van der Waals surface area contributed by atoms with Gasteiger partial charge in [0, 0.05) is 12.6 Å². The van der Waals surface area contributed by atoms with Crippen LogP contribution in [0.3, 0.4) is 0 Å². The SMILES string of the molecule is CCn1c([C@@H](C)NS(=O)(=O)c2cnn(C(C)C)c2C)nc2ccc(C(F)(F)F)cc21. The smallest absolute Gasteiger partial charge is 0.327 e. The molecule has 3 rings (SSSR count). The molecule has 0 bridgehead atoms. The van der Waals surface area contributed by atoms with Crippen molar-refractivity contribution in [1.82, 2.24) is 24.1 Å². The van der Waals surface area contributed by atoms with Crippen LogP contribution in [0.5, 0.6) is 0 Å². The molecule has 1 aromatic carbocycles. The molecule has 11 heteroatoms. The second-order valence-corrected chi connectivity index (χ2v) is 9.07. The number of nitrogens with one attached hydrogen (secondary N) is 1. The van der Waals surface area contributed by atoms with E-state index < -0.39 is 27.8 Å². The number of halogens is 3. The molecule has 0 spiro atoms. The number of imidazole rings is 1. The van der Waals surface area contributed by atoms with Gasteiger partial charge in [-0.15, -0.1) is 0 Å². The Morgan fingerprint density at radius 2 is 1.87 bits per heavy atom. The van der Waals surface area contributed by atoms with Crippen LogP contribution in [0.1, 0.15) is 56.9 Å². The predicted octanol–water partition coefficient (Wildman–Crippen LogP) is 4.20. The van der Waals surface area contributed by atoms with Crippen molar-refractivity contribution in [2.45, 2.75) is 64.3 Å². The van der Waals surface area contributed by atoms with E-state index in [9.17, 15) is 21.6 Å². The zero-order valence-corrected chi connectivity index (χ0v) is 18.1. The monoisotopic (exact) mass is 443 g/mol. The number of hydrogen-bond donors (Lipinski definition) is 1. The van der Waals surface area contributed by atoms with Gasteiger partial charge in [0.1, 0.15) is 10.7 Å². The number of aryl methyl sites for hydroxylation is 1. The summed E-state index contributed by atoms with van der Waals surface area (Å²) in [4.78, 5) is 4.45. The molecule has 0 saturated carbocycles. The molecule has 0 saturated heterocycles. The zero-order valence-electron chi connectivity index (χ0n) is 17.3. The van der Waals surface area contributed by atoms with Crippen molar-refractivity contribution in [3.05, 3.63) is 41.5 Å². The van der Waals surface area contributed by atoms with Gasteiger partial charge < -0.3 is 4.57 Å². The Labute approximate surface area is 173 Å². The van der Waals surface area contributed by atoms with Gasteiger partial charge in [-0.25, -0.2) is 18.1 Å². The molecule has 30 heavy (non-hydrogen) atoms. The summed E-state index contributed by atoms with van der Waals surface area (Å²) >= 11 is 0. The average molecular weight is 443 g/mol. The molecule has 0 aliphatic rings. The van der Waals surface area contributed by atoms with Crippen molar-refractivity contribution in [2.24, 2.45) is 0 Å². The fourth-order valence-corrected chi connectivity index (χ4v) is 4.89. The van der Waals surface area contributed by atoms with E-state index in [-0.39, 0.29) is 10.9 Å². The van der Waals surface area contributed by atoms with E-state index in [2.05, 4.69) is 14.8 Å². The minimum absolute atomic E-state index is 0.00140. The summed E-state index contributed by atoms with van der Waals surface area (Å²) in [6.07, 6.45) is -3.18. The Balaban J connectivity index is 1.99. The Morgan fingerprint density at radius 3 is 2.40 bits per heavy atom. The van der Waals surface area contributed by atoms with E-state index >= 15 is 0 Å². The minimum atomic E-state index is -4.47. The number of benzene rings is 1. The van der Waals surface area contributed by atoms with Crippen molar-refractivity contribution >= 4 is 21.1 Å². The molecule has 0 unspecified atom stereocenters. The summed E-state index contributed by atoms with van der Waals surface area (Å²) in [6, 6.07) is 2.54. The van der Waals surface area contributed by atoms with Gasteiger partial charge >= 0.3 is 6.18 Å². The van der Waals surface area contributed by atoms with Crippen molar-refractivity contribution < 1.29 is 21.6 Å². The second-order valence-electron chi connectivity index (χ2n) is 7.39. The number of rotatable bonds is 6. The van der Waals surface area contributed by atoms with Gasteiger partial charge in [-0.2, -0.15) is 18.3 Å². The number of nitrogens with zero attached hydrogens (tertiary/aromatic N) is 4. The molecular weight excluding hydrogens is 419 g/mol. The van der Waals surface area contributed by atoms with Crippen LogP contribution in [-0.4, -0.2) is 27.7 Å². The van der Waals surface area contributed by atoms with Crippen LogP contribution >= 0.6 is 0 Å². The number of fused-ring (bicyclic) bond motifs is 1. The highest BCUT2D eigenvalue weighted by atomic mass is 32.2. The fraction of sp³-hybridized carbons (Fsp3) is 0.474. The van der Waals surface area contributed by atoms with Crippen LogP contribution in [0, 0.1) is 6.92 Å². The van der Waals surface area contributed by atoms with E-state index in [4.69, 9.17) is 0 Å². The summed E-state index contributed by atoms with van der Waals surface area (Å²) in [5, 5.41) is 4.13. The Morgan fingerprint density at radius 1 is 1.20 bits per heavy atom. The van der Waals surface area contributed by atoms with Gasteiger partial charge in [0.05, 0.1) is 34.5 Å². The molecule has 0 aliphatic heterocycles. The van der Waals surface area contributed by atoms with Crippen LogP contribution in [0.4, 0.5) is 13.2 Å². The fourth-order valence-electron chi connectivity index (χ4n) is 3.52. The molecule has 2 heterocycles. The first kappa shape index (κ1) is 22.3. The summed E-state index contributed by atoms with van der Waals surface area (Å²) in [7, 11) is -3.91. The van der Waals surface area contributed by atoms with Gasteiger partial charge in [-0.1, -0.05) is 0 Å². The molecule has 3 aromatic rings. The molecule has 7 nitrogen and oxygen atoms in total. The van der Waals surface area contributed by atoms with Gasteiger partial charge in [-0.3, -0.25) is 4.68 Å². The van der Waals surface area contributed by atoms with Crippen LogP contribution in [0.15, 0.2) is 29.3 Å². The van der Waals surface area contributed by atoms with Crippen molar-refractivity contribution in [2.75, 3.05) is 0 Å². The first-order valence-corrected chi connectivity index (χ1v) is 11.0. The van der Waals surface area contributed by atoms with Gasteiger partial charge in [0.2, 0.25) is 10.0 Å². The quantitative estimate of drug-likeness (QED) is 0.619. The van der Waals surface area contributed by atoms with Gasteiger partial charge in [-0.05, 0) is 52.8 Å². The maximum absolute atomic E-state index is 13.1. The molecule has 0 radical (unpaired) electrons. The number of hydrogen-bond acceptors (Lipinski definition) is 4. The third-order valence-electron chi connectivity index (χ3n) is 4.92. The summed E-state index contributed by atoms with van der Waals surface area (Å²) in [5.74, 6) is 0.337. The van der Waals surface area contributed by atoms with Crippen molar-refractivity contribution in [3.63, 3.8) is 0 Å². The lowest BCUT2D eigenvalue weighted by atomic mass is 10.2. The predicted molar refractivity (Wildman–Crippen MR) is 106 cm³/mol. The first-order valence-electron chi connectivity index (χ1n) is 9.50. The summed E-state index contributed by atoms with van der Waals surface area (Å²) in [5.41, 5.74) is 0.400. The van der Waals surface area contributed by atoms with Crippen LogP contribution in [-0.2, 0) is 22.7 Å². The van der Waals surface area contributed by atoms with Crippen molar-refractivity contribution in [1.29, 1.82) is 0 Å². The molecule has 0 aliphatic carbocycles. The highest BCUT2D eigenvalue weighted by molar-refractivity contribution is 7.89. The third kappa shape index (κ3) is 3.95. The van der Waals surface area contributed by atoms with E-state index in [0.29, 0.717) is 29.1 Å². The van der Waals surface area contributed by atoms with Crippen LogP contribution < -0.4 is 4.72 Å². The van der Waals surface area contributed by atoms with E-state index in [1.807, 2.05) is 13.8 Å². The molecule has 0 amide bonds. The number of alkyl halides is 3. The minimum Gasteiger partial charge on any atom is -0.327 e. The summed E-state index contributed by atoms with van der Waals surface area (Å²) < 4.78 is 70.9. The van der Waals surface area contributed by atoms with E-state index in [1.54, 1.807) is 30.0 Å². The molecule has 2 aromatic heterocycles. The maximum Gasteiger partial charge on any atom is 0.416 e. The van der Waals surface area contributed by atoms with Gasteiger partial charge in [0.25, 0.3) is 0 Å². The van der Waals surface area contributed by atoms with Crippen LogP contribution in [0.25, 0.3) is 11.0 Å². The summed E-state index contributed by atoms with van der Waals surface area (Å²) in [6.45, 7) is 9.17. The maximum atomic E-state index is 13.1. The largest absolute Gasteiger partial charge is 0.416 e. The second kappa shape index (κ2) is 7.69. The topological polar surface area (TPSA) is 81.8 Å².